The Bertz CT molecular complexity index is 812. The lowest BCUT2D eigenvalue weighted by atomic mass is 10.1. The molecule has 0 radical (unpaired) electrons. The van der Waals surface area contributed by atoms with Crippen molar-refractivity contribution in [2.24, 2.45) is 0 Å². The number of nitrogens with one attached hydrogen (secondary N) is 1. The summed E-state index contributed by atoms with van der Waals surface area (Å²) in [6.07, 6.45) is 9.29. The molecule has 130 valence electrons. The molecule has 0 saturated heterocycles. The van der Waals surface area contributed by atoms with E-state index >= 15 is 0 Å². The molecule has 6 heteroatoms. The van der Waals surface area contributed by atoms with Gasteiger partial charge in [0.15, 0.2) is 0 Å². The molecule has 0 aromatic carbocycles. The summed E-state index contributed by atoms with van der Waals surface area (Å²) < 4.78 is 2.02. The van der Waals surface area contributed by atoms with Crippen LogP contribution in [0.2, 0.25) is 0 Å². The summed E-state index contributed by atoms with van der Waals surface area (Å²) in [7, 11) is 0. The maximum absolute atomic E-state index is 4.70. The van der Waals surface area contributed by atoms with Crippen LogP contribution in [0.1, 0.15) is 44.0 Å². The second-order valence-electron chi connectivity index (χ2n) is 6.02. The fourth-order valence-corrected chi connectivity index (χ4v) is 2.89. The first-order chi connectivity index (χ1) is 12.2. The standard InChI is InChI=1S/C19H24N6/c1-4-12-25-14(3)16(13-22-25)18-8-11-21-19(24-18)23-17(5-2)15-6-9-20-10-7-15/h6-11,13,17H,4-5,12H2,1-3H3,(H,21,23,24). The molecular weight excluding hydrogens is 312 g/mol. The van der Waals surface area contributed by atoms with Crippen molar-refractivity contribution in [3.63, 3.8) is 0 Å². The van der Waals surface area contributed by atoms with Crippen molar-refractivity contribution in [3.05, 3.63) is 54.2 Å². The smallest absolute Gasteiger partial charge is 0.223 e. The number of rotatable bonds is 7. The van der Waals surface area contributed by atoms with Crippen LogP contribution >= 0.6 is 0 Å². The topological polar surface area (TPSA) is 68.5 Å². The zero-order valence-corrected chi connectivity index (χ0v) is 15.0. The normalized spacial score (nSPS) is 12.1. The molecule has 25 heavy (non-hydrogen) atoms. The molecule has 3 heterocycles. The van der Waals surface area contributed by atoms with Crippen LogP contribution in [0.15, 0.2) is 43.0 Å². The second-order valence-corrected chi connectivity index (χ2v) is 6.02. The fourth-order valence-electron chi connectivity index (χ4n) is 2.89. The third-order valence-corrected chi connectivity index (χ3v) is 4.29. The summed E-state index contributed by atoms with van der Waals surface area (Å²) in [5.41, 5.74) is 4.25. The van der Waals surface area contributed by atoms with E-state index in [9.17, 15) is 0 Å². The lowest BCUT2D eigenvalue weighted by Crippen LogP contribution is -2.12. The van der Waals surface area contributed by atoms with Crippen LogP contribution in [0.3, 0.4) is 0 Å². The molecule has 3 rings (SSSR count). The highest BCUT2D eigenvalue weighted by atomic mass is 15.3. The first-order valence-electron chi connectivity index (χ1n) is 8.75. The fraction of sp³-hybridized carbons (Fsp3) is 0.368. The average molecular weight is 336 g/mol. The van der Waals surface area contributed by atoms with Crippen LogP contribution in [-0.4, -0.2) is 24.7 Å². The minimum atomic E-state index is 0.155. The van der Waals surface area contributed by atoms with Crippen LogP contribution in [0.25, 0.3) is 11.3 Å². The molecule has 0 spiro atoms. The van der Waals surface area contributed by atoms with Gasteiger partial charge in [-0.05, 0) is 43.5 Å². The van der Waals surface area contributed by atoms with E-state index < -0.39 is 0 Å². The van der Waals surface area contributed by atoms with Crippen LogP contribution in [0.4, 0.5) is 5.95 Å². The Morgan fingerprint density at radius 3 is 2.64 bits per heavy atom. The maximum Gasteiger partial charge on any atom is 0.223 e. The molecule has 3 aromatic heterocycles. The lowest BCUT2D eigenvalue weighted by Gasteiger charge is -2.17. The highest BCUT2D eigenvalue weighted by molar-refractivity contribution is 5.61. The van der Waals surface area contributed by atoms with E-state index in [1.165, 1.54) is 5.56 Å². The molecule has 3 aromatic rings. The van der Waals surface area contributed by atoms with Gasteiger partial charge in [-0.3, -0.25) is 9.67 Å². The Balaban J connectivity index is 1.84. The molecule has 0 aliphatic heterocycles. The van der Waals surface area contributed by atoms with Gasteiger partial charge in [-0.25, -0.2) is 9.97 Å². The Hall–Kier alpha value is -2.76. The van der Waals surface area contributed by atoms with E-state index in [0.29, 0.717) is 5.95 Å². The molecule has 0 saturated carbocycles. The van der Waals surface area contributed by atoms with Gasteiger partial charge in [0.2, 0.25) is 5.95 Å². The van der Waals surface area contributed by atoms with Gasteiger partial charge in [0.05, 0.1) is 17.9 Å². The number of aromatic nitrogens is 5. The predicted octanol–water partition coefficient (Wildman–Crippen LogP) is 4.02. The van der Waals surface area contributed by atoms with Crippen LogP contribution in [-0.2, 0) is 6.54 Å². The first kappa shape index (κ1) is 17.1. The van der Waals surface area contributed by atoms with Crippen molar-refractivity contribution in [1.29, 1.82) is 0 Å². The van der Waals surface area contributed by atoms with Gasteiger partial charge in [0.1, 0.15) is 0 Å². The van der Waals surface area contributed by atoms with Gasteiger partial charge < -0.3 is 5.32 Å². The van der Waals surface area contributed by atoms with Gasteiger partial charge in [0.25, 0.3) is 0 Å². The molecular formula is C19H24N6. The van der Waals surface area contributed by atoms with Crippen molar-refractivity contribution in [2.45, 2.75) is 46.2 Å². The summed E-state index contributed by atoms with van der Waals surface area (Å²) in [4.78, 5) is 13.2. The molecule has 0 fully saturated rings. The molecule has 6 nitrogen and oxygen atoms in total. The van der Waals surface area contributed by atoms with Crippen molar-refractivity contribution >= 4 is 5.95 Å². The van der Waals surface area contributed by atoms with E-state index in [2.05, 4.69) is 41.2 Å². The second kappa shape index (κ2) is 7.88. The van der Waals surface area contributed by atoms with E-state index in [0.717, 1.165) is 36.3 Å². The lowest BCUT2D eigenvalue weighted by molar-refractivity contribution is 0.587. The Morgan fingerprint density at radius 1 is 1.12 bits per heavy atom. The van der Waals surface area contributed by atoms with Gasteiger partial charge >= 0.3 is 0 Å². The number of nitrogens with zero attached hydrogens (tertiary/aromatic N) is 5. The van der Waals surface area contributed by atoms with Crippen LogP contribution in [0.5, 0.6) is 0 Å². The number of aryl methyl sites for hydroxylation is 1. The number of anilines is 1. The van der Waals surface area contributed by atoms with Crippen LogP contribution < -0.4 is 5.32 Å². The summed E-state index contributed by atoms with van der Waals surface area (Å²) in [6, 6.07) is 6.12. The minimum absolute atomic E-state index is 0.155. The molecule has 1 unspecified atom stereocenters. The third-order valence-electron chi connectivity index (χ3n) is 4.29. The quantitative estimate of drug-likeness (QED) is 0.706. The molecule has 0 aliphatic rings. The molecule has 1 atom stereocenters. The van der Waals surface area contributed by atoms with E-state index in [-0.39, 0.29) is 6.04 Å². The molecule has 0 amide bonds. The first-order valence-corrected chi connectivity index (χ1v) is 8.75. The largest absolute Gasteiger partial charge is 0.347 e. The number of hydrogen-bond donors (Lipinski definition) is 1. The minimum Gasteiger partial charge on any atom is -0.347 e. The van der Waals surface area contributed by atoms with Gasteiger partial charge in [0, 0.05) is 36.4 Å². The molecule has 1 N–H and O–H groups in total. The molecule has 0 bridgehead atoms. The SMILES string of the molecule is CCCn1ncc(-c2ccnc(NC(CC)c3ccncc3)n2)c1C. The zero-order valence-electron chi connectivity index (χ0n) is 15.0. The van der Waals surface area contributed by atoms with Crippen LogP contribution in [0, 0.1) is 6.92 Å². The number of pyridine rings is 1. The van der Waals surface area contributed by atoms with Gasteiger partial charge in [-0.15, -0.1) is 0 Å². The monoisotopic (exact) mass is 336 g/mol. The van der Waals surface area contributed by atoms with Gasteiger partial charge in [-0.1, -0.05) is 13.8 Å². The van der Waals surface area contributed by atoms with Crippen molar-refractivity contribution in [2.75, 3.05) is 5.32 Å². The summed E-state index contributed by atoms with van der Waals surface area (Å²) >= 11 is 0. The summed E-state index contributed by atoms with van der Waals surface area (Å²) in [5, 5.41) is 7.89. The molecule has 0 aliphatic carbocycles. The van der Waals surface area contributed by atoms with Crippen molar-refractivity contribution < 1.29 is 0 Å². The average Bonchev–Trinajstić information content (AvgIpc) is 3.02. The highest BCUT2D eigenvalue weighted by Crippen LogP contribution is 2.24. The maximum atomic E-state index is 4.70. The Labute approximate surface area is 148 Å². The van der Waals surface area contributed by atoms with Gasteiger partial charge in [-0.2, -0.15) is 5.10 Å². The summed E-state index contributed by atoms with van der Waals surface area (Å²) in [5.74, 6) is 0.629. The van der Waals surface area contributed by atoms with E-state index in [1.807, 2.05) is 41.5 Å². The van der Waals surface area contributed by atoms with Crippen molar-refractivity contribution in [1.82, 2.24) is 24.7 Å². The Morgan fingerprint density at radius 2 is 1.92 bits per heavy atom. The zero-order chi connectivity index (χ0) is 17.6. The summed E-state index contributed by atoms with van der Waals surface area (Å²) in [6.45, 7) is 7.29. The van der Waals surface area contributed by atoms with Crippen molar-refractivity contribution in [3.8, 4) is 11.3 Å². The third kappa shape index (κ3) is 3.84. The van der Waals surface area contributed by atoms with E-state index in [4.69, 9.17) is 4.98 Å². The predicted molar refractivity (Wildman–Crippen MR) is 99.2 cm³/mol. The highest BCUT2D eigenvalue weighted by Gasteiger charge is 2.13. The Kier molecular flexibility index (Phi) is 5.38. The number of hydrogen-bond acceptors (Lipinski definition) is 5. The van der Waals surface area contributed by atoms with E-state index in [1.54, 1.807) is 6.20 Å².